The van der Waals surface area contributed by atoms with Crippen LogP contribution in [0.2, 0.25) is 0 Å². The monoisotopic (exact) mass is 378 g/mol. The highest BCUT2D eigenvalue weighted by Gasteiger charge is 2.16. The Bertz CT molecular complexity index is 604. The quantitative estimate of drug-likeness (QED) is 0.809. The standard InChI is InChI=1S/C14H13BrF2O3S/c1-19-11-3-2-8(6-12(11)20-14(16)17)10(18)7-13-9(15)4-5-21-13/h2-6,10,14,18H,7H2,1H3. The predicted octanol–water partition coefficient (Wildman–Crippen LogP) is 4.40. The van der Waals surface area contributed by atoms with E-state index >= 15 is 0 Å². The van der Waals surface area contributed by atoms with Crippen molar-refractivity contribution >= 4 is 27.3 Å². The fourth-order valence-electron chi connectivity index (χ4n) is 1.85. The minimum absolute atomic E-state index is 0.0886. The topological polar surface area (TPSA) is 38.7 Å². The highest BCUT2D eigenvalue weighted by atomic mass is 79.9. The van der Waals surface area contributed by atoms with Crippen molar-refractivity contribution in [3.8, 4) is 11.5 Å². The van der Waals surface area contributed by atoms with Gasteiger partial charge in [0, 0.05) is 15.8 Å². The molecule has 0 radical (unpaired) electrons. The van der Waals surface area contributed by atoms with E-state index in [1.807, 2.05) is 11.4 Å². The summed E-state index contributed by atoms with van der Waals surface area (Å²) < 4.78 is 35.1. The summed E-state index contributed by atoms with van der Waals surface area (Å²) in [7, 11) is 1.37. The lowest BCUT2D eigenvalue weighted by atomic mass is 10.1. The average Bonchev–Trinajstić information content (AvgIpc) is 2.83. The van der Waals surface area contributed by atoms with Gasteiger partial charge in [0.25, 0.3) is 0 Å². The molecule has 114 valence electrons. The molecule has 1 heterocycles. The van der Waals surface area contributed by atoms with Crippen LogP contribution in [0.4, 0.5) is 8.78 Å². The number of methoxy groups -OCH3 is 1. The smallest absolute Gasteiger partial charge is 0.387 e. The maximum Gasteiger partial charge on any atom is 0.387 e. The third-order valence-corrected chi connectivity index (χ3v) is 4.81. The molecule has 0 fully saturated rings. The molecule has 1 unspecified atom stereocenters. The minimum atomic E-state index is -2.95. The van der Waals surface area contributed by atoms with Gasteiger partial charge in [-0.3, -0.25) is 0 Å². The van der Waals surface area contributed by atoms with Gasteiger partial charge in [0.2, 0.25) is 0 Å². The van der Waals surface area contributed by atoms with E-state index in [0.717, 1.165) is 9.35 Å². The van der Waals surface area contributed by atoms with Crippen LogP contribution in [0, 0.1) is 0 Å². The SMILES string of the molecule is COc1ccc(C(O)Cc2sccc2Br)cc1OC(F)F. The first-order valence-corrected chi connectivity index (χ1v) is 7.71. The molecule has 1 atom stereocenters. The summed E-state index contributed by atoms with van der Waals surface area (Å²) in [5.74, 6) is 0.109. The Morgan fingerprint density at radius 2 is 2.05 bits per heavy atom. The van der Waals surface area contributed by atoms with E-state index in [1.54, 1.807) is 6.07 Å². The van der Waals surface area contributed by atoms with E-state index in [-0.39, 0.29) is 11.5 Å². The van der Waals surface area contributed by atoms with Crippen molar-refractivity contribution in [1.29, 1.82) is 0 Å². The number of aliphatic hydroxyl groups is 1. The second kappa shape index (κ2) is 7.20. The van der Waals surface area contributed by atoms with Gasteiger partial charge in [-0.25, -0.2) is 0 Å². The van der Waals surface area contributed by atoms with Gasteiger partial charge in [-0.1, -0.05) is 6.07 Å². The molecule has 0 aliphatic rings. The molecule has 0 spiro atoms. The lowest BCUT2D eigenvalue weighted by Gasteiger charge is -2.15. The van der Waals surface area contributed by atoms with Gasteiger partial charge in [-0.05, 0) is 45.1 Å². The summed E-state index contributed by atoms with van der Waals surface area (Å²) in [6, 6.07) is 6.40. The van der Waals surface area contributed by atoms with E-state index in [1.165, 1.54) is 30.6 Å². The van der Waals surface area contributed by atoms with Gasteiger partial charge in [0.05, 0.1) is 13.2 Å². The summed E-state index contributed by atoms with van der Waals surface area (Å²) in [5, 5.41) is 12.1. The summed E-state index contributed by atoms with van der Waals surface area (Å²) in [6.45, 7) is -2.95. The molecule has 0 amide bonds. The van der Waals surface area contributed by atoms with Crippen LogP contribution in [0.1, 0.15) is 16.5 Å². The maximum absolute atomic E-state index is 12.4. The molecule has 1 aromatic heterocycles. The molecule has 1 aromatic carbocycles. The highest BCUT2D eigenvalue weighted by Crippen LogP contribution is 2.34. The van der Waals surface area contributed by atoms with E-state index in [9.17, 15) is 13.9 Å². The first-order valence-electron chi connectivity index (χ1n) is 6.04. The van der Waals surface area contributed by atoms with Crippen LogP contribution in [-0.4, -0.2) is 18.8 Å². The Morgan fingerprint density at radius 1 is 1.29 bits per heavy atom. The van der Waals surface area contributed by atoms with Crippen LogP contribution in [0.5, 0.6) is 11.5 Å². The summed E-state index contributed by atoms with van der Waals surface area (Å²) in [5.41, 5.74) is 0.492. The van der Waals surface area contributed by atoms with Gasteiger partial charge in [0.15, 0.2) is 11.5 Å². The number of hydrogen-bond acceptors (Lipinski definition) is 4. The molecule has 2 rings (SSSR count). The summed E-state index contributed by atoms with van der Waals surface area (Å²) in [4.78, 5) is 0.981. The fraction of sp³-hybridized carbons (Fsp3) is 0.286. The van der Waals surface area contributed by atoms with Crippen molar-refractivity contribution < 1.29 is 23.4 Å². The van der Waals surface area contributed by atoms with Gasteiger partial charge in [-0.15, -0.1) is 11.3 Å². The number of halogens is 3. The number of ether oxygens (including phenoxy) is 2. The molecule has 0 bridgehead atoms. The third kappa shape index (κ3) is 4.15. The first-order chi connectivity index (χ1) is 10.0. The Morgan fingerprint density at radius 3 is 2.62 bits per heavy atom. The highest BCUT2D eigenvalue weighted by molar-refractivity contribution is 9.10. The van der Waals surface area contributed by atoms with Crippen molar-refractivity contribution in [3.05, 3.63) is 44.6 Å². The third-order valence-electron chi connectivity index (χ3n) is 2.86. The van der Waals surface area contributed by atoms with Crippen LogP contribution >= 0.6 is 27.3 Å². The van der Waals surface area contributed by atoms with Crippen molar-refractivity contribution in [2.75, 3.05) is 7.11 Å². The van der Waals surface area contributed by atoms with Crippen LogP contribution < -0.4 is 9.47 Å². The second-order valence-corrected chi connectivity index (χ2v) is 6.06. The number of rotatable bonds is 6. The largest absolute Gasteiger partial charge is 0.493 e. The zero-order chi connectivity index (χ0) is 15.4. The lowest BCUT2D eigenvalue weighted by Crippen LogP contribution is -2.06. The molecular weight excluding hydrogens is 366 g/mol. The first kappa shape index (κ1) is 16.2. The van der Waals surface area contributed by atoms with Crippen molar-refractivity contribution in [3.63, 3.8) is 0 Å². The van der Waals surface area contributed by atoms with Crippen molar-refractivity contribution in [2.24, 2.45) is 0 Å². The predicted molar refractivity (Wildman–Crippen MR) is 80.3 cm³/mol. The molecule has 0 aliphatic heterocycles. The van der Waals surface area contributed by atoms with E-state index in [2.05, 4.69) is 20.7 Å². The lowest BCUT2D eigenvalue weighted by molar-refractivity contribution is -0.0513. The Hall–Kier alpha value is -1.18. The van der Waals surface area contributed by atoms with E-state index in [4.69, 9.17) is 4.74 Å². The van der Waals surface area contributed by atoms with Gasteiger partial charge >= 0.3 is 6.61 Å². The Kier molecular flexibility index (Phi) is 5.55. The van der Waals surface area contributed by atoms with Crippen LogP contribution in [0.15, 0.2) is 34.1 Å². The van der Waals surface area contributed by atoms with Crippen molar-refractivity contribution in [2.45, 2.75) is 19.1 Å². The van der Waals surface area contributed by atoms with Crippen LogP contribution in [-0.2, 0) is 6.42 Å². The van der Waals surface area contributed by atoms with Gasteiger partial charge in [0.1, 0.15) is 0 Å². The molecule has 3 nitrogen and oxygen atoms in total. The van der Waals surface area contributed by atoms with Gasteiger partial charge in [-0.2, -0.15) is 8.78 Å². The molecular formula is C14H13BrF2O3S. The summed E-state index contributed by atoms with van der Waals surface area (Å²) >= 11 is 4.91. The molecule has 21 heavy (non-hydrogen) atoms. The summed E-state index contributed by atoms with van der Waals surface area (Å²) in [6.07, 6.45) is -0.426. The number of hydrogen-bond donors (Lipinski definition) is 1. The molecule has 1 N–H and O–H groups in total. The Balaban J connectivity index is 2.20. The van der Waals surface area contributed by atoms with Crippen LogP contribution in [0.3, 0.4) is 0 Å². The van der Waals surface area contributed by atoms with Crippen LogP contribution in [0.25, 0.3) is 0 Å². The van der Waals surface area contributed by atoms with Crippen molar-refractivity contribution in [1.82, 2.24) is 0 Å². The van der Waals surface area contributed by atoms with E-state index < -0.39 is 12.7 Å². The molecule has 2 aromatic rings. The molecule has 0 aliphatic carbocycles. The number of aliphatic hydroxyl groups excluding tert-OH is 1. The van der Waals surface area contributed by atoms with E-state index in [0.29, 0.717) is 12.0 Å². The zero-order valence-corrected chi connectivity index (χ0v) is 13.5. The fourth-order valence-corrected chi connectivity index (χ4v) is 3.41. The number of benzene rings is 1. The molecule has 0 saturated carbocycles. The number of thiophene rings is 1. The normalized spacial score (nSPS) is 12.5. The second-order valence-electron chi connectivity index (χ2n) is 4.20. The average molecular weight is 379 g/mol. The molecule has 7 heteroatoms. The minimum Gasteiger partial charge on any atom is -0.493 e. The van der Waals surface area contributed by atoms with Gasteiger partial charge < -0.3 is 14.6 Å². The number of alkyl halides is 2. The maximum atomic E-state index is 12.4. The molecule has 0 saturated heterocycles. The Labute approximate surface area is 133 Å². The zero-order valence-electron chi connectivity index (χ0n) is 11.1.